The zero-order valence-electron chi connectivity index (χ0n) is 16.2. The standard InChI is InChI=1S/C21H25N5O/c1-5-17-12-20(27)24-21(23-17)16-9-10-19(22-13-16)26(4)14-15-7-6-8-18(11-15)25(2)3/h6-13H,5,14H2,1-4H3,(H,23,24,27). The summed E-state index contributed by atoms with van der Waals surface area (Å²) in [4.78, 5) is 27.8. The van der Waals surface area contributed by atoms with Gasteiger partial charge in [-0.1, -0.05) is 19.1 Å². The van der Waals surface area contributed by atoms with E-state index in [9.17, 15) is 4.79 Å². The number of hydrogen-bond acceptors (Lipinski definition) is 5. The lowest BCUT2D eigenvalue weighted by molar-refractivity contribution is 0.896. The molecule has 2 aromatic heterocycles. The molecule has 1 N–H and O–H groups in total. The number of nitrogens with zero attached hydrogens (tertiary/aromatic N) is 4. The van der Waals surface area contributed by atoms with Crippen LogP contribution in [0.3, 0.4) is 0 Å². The molecule has 6 nitrogen and oxygen atoms in total. The van der Waals surface area contributed by atoms with Crippen LogP contribution in [0, 0.1) is 0 Å². The zero-order chi connectivity index (χ0) is 19.4. The van der Waals surface area contributed by atoms with Gasteiger partial charge in [-0.25, -0.2) is 9.97 Å². The van der Waals surface area contributed by atoms with Crippen LogP contribution in [0.4, 0.5) is 11.5 Å². The molecule has 0 aliphatic rings. The van der Waals surface area contributed by atoms with Crippen molar-refractivity contribution in [2.24, 2.45) is 0 Å². The number of rotatable bonds is 6. The number of anilines is 2. The zero-order valence-corrected chi connectivity index (χ0v) is 16.2. The Kier molecular flexibility index (Phi) is 5.54. The van der Waals surface area contributed by atoms with Crippen LogP contribution in [-0.2, 0) is 13.0 Å². The first kappa shape index (κ1) is 18.6. The summed E-state index contributed by atoms with van der Waals surface area (Å²) in [5, 5.41) is 0. The number of hydrogen-bond donors (Lipinski definition) is 1. The molecule has 0 spiro atoms. The van der Waals surface area contributed by atoms with Crippen molar-refractivity contribution in [1.29, 1.82) is 0 Å². The van der Waals surface area contributed by atoms with Gasteiger partial charge in [-0.15, -0.1) is 0 Å². The molecule has 0 bridgehead atoms. The molecule has 0 aliphatic heterocycles. The minimum atomic E-state index is -0.140. The molecule has 6 heteroatoms. The second-order valence-electron chi connectivity index (χ2n) is 6.76. The summed E-state index contributed by atoms with van der Waals surface area (Å²) < 4.78 is 0. The fraction of sp³-hybridized carbons (Fsp3) is 0.286. The van der Waals surface area contributed by atoms with Crippen molar-refractivity contribution in [2.45, 2.75) is 19.9 Å². The van der Waals surface area contributed by atoms with Crippen LogP contribution < -0.4 is 15.4 Å². The Morgan fingerprint density at radius 3 is 2.56 bits per heavy atom. The van der Waals surface area contributed by atoms with Gasteiger partial charge >= 0.3 is 0 Å². The molecule has 27 heavy (non-hydrogen) atoms. The Balaban J connectivity index is 1.78. The van der Waals surface area contributed by atoms with E-state index in [1.165, 1.54) is 17.3 Å². The van der Waals surface area contributed by atoms with Crippen LogP contribution in [0.2, 0.25) is 0 Å². The summed E-state index contributed by atoms with van der Waals surface area (Å²) in [7, 11) is 6.09. The first-order valence-electron chi connectivity index (χ1n) is 9.00. The summed E-state index contributed by atoms with van der Waals surface area (Å²) >= 11 is 0. The number of H-pyrrole nitrogens is 1. The van der Waals surface area contributed by atoms with Crippen molar-refractivity contribution in [3.05, 3.63) is 70.3 Å². The highest BCUT2D eigenvalue weighted by Crippen LogP contribution is 2.20. The van der Waals surface area contributed by atoms with Crippen molar-refractivity contribution >= 4 is 11.5 Å². The highest BCUT2D eigenvalue weighted by molar-refractivity contribution is 5.56. The van der Waals surface area contributed by atoms with Gasteiger partial charge in [-0.05, 0) is 36.2 Å². The van der Waals surface area contributed by atoms with E-state index in [1.807, 2.05) is 40.2 Å². The first-order valence-corrected chi connectivity index (χ1v) is 9.00. The summed E-state index contributed by atoms with van der Waals surface area (Å²) in [6, 6.07) is 13.9. The molecule has 0 amide bonds. The third-order valence-electron chi connectivity index (χ3n) is 4.42. The number of benzene rings is 1. The number of pyridine rings is 1. The molecular weight excluding hydrogens is 338 g/mol. The quantitative estimate of drug-likeness (QED) is 0.729. The van der Waals surface area contributed by atoms with E-state index in [0.717, 1.165) is 30.0 Å². The van der Waals surface area contributed by atoms with Gasteiger partial charge in [0.2, 0.25) is 0 Å². The SMILES string of the molecule is CCc1cc(=O)[nH]c(-c2ccc(N(C)Cc3cccc(N(C)C)c3)nc2)n1. The van der Waals surface area contributed by atoms with Gasteiger partial charge in [0.05, 0.1) is 0 Å². The van der Waals surface area contributed by atoms with Crippen LogP contribution >= 0.6 is 0 Å². The number of aryl methyl sites for hydroxylation is 1. The lowest BCUT2D eigenvalue weighted by Gasteiger charge is -2.20. The predicted molar refractivity (Wildman–Crippen MR) is 110 cm³/mol. The molecule has 0 atom stereocenters. The van der Waals surface area contributed by atoms with Gasteiger partial charge in [0, 0.05) is 56.9 Å². The normalized spacial score (nSPS) is 10.7. The van der Waals surface area contributed by atoms with Gasteiger partial charge < -0.3 is 14.8 Å². The third kappa shape index (κ3) is 4.53. The van der Waals surface area contributed by atoms with Gasteiger partial charge in [-0.3, -0.25) is 4.79 Å². The number of aromatic nitrogens is 3. The predicted octanol–water partition coefficient (Wildman–Crippen LogP) is 3.10. The molecule has 3 aromatic rings. The molecule has 0 unspecified atom stereocenters. The van der Waals surface area contributed by atoms with Crippen molar-refractivity contribution in [1.82, 2.24) is 15.0 Å². The lowest BCUT2D eigenvalue weighted by Crippen LogP contribution is -2.18. The number of nitrogens with one attached hydrogen (secondary N) is 1. The van der Waals surface area contributed by atoms with E-state index in [2.05, 4.69) is 49.0 Å². The van der Waals surface area contributed by atoms with E-state index in [1.54, 1.807) is 6.20 Å². The lowest BCUT2D eigenvalue weighted by atomic mass is 10.2. The van der Waals surface area contributed by atoms with Crippen molar-refractivity contribution in [3.63, 3.8) is 0 Å². The maximum Gasteiger partial charge on any atom is 0.251 e. The fourth-order valence-electron chi connectivity index (χ4n) is 2.87. The first-order chi connectivity index (χ1) is 13.0. The monoisotopic (exact) mass is 363 g/mol. The van der Waals surface area contributed by atoms with Crippen LogP contribution in [-0.4, -0.2) is 36.1 Å². The Bertz CT molecular complexity index is 963. The summed E-state index contributed by atoms with van der Waals surface area (Å²) in [6.45, 7) is 2.74. The maximum absolute atomic E-state index is 11.8. The molecule has 2 heterocycles. The van der Waals surface area contributed by atoms with Gasteiger partial charge in [-0.2, -0.15) is 0 Å². The van der Waals surface area contributed by atoms with E-state index < -0.39 is 0 Å². The Morgan fingerprint density at radius 2 is 1.89 bits per heavy atom. The Labute approximate surface area is 159 Å². The smallest absolute Gasteiger partial charge is 0.251 e. The highest BCUT2D eigenvalue weighted by Gasteiger charge is 2.08. The minimum absolute atomic E-state index is 0.140. The summed E-state index contributed by atoms with van der Waals surface area (Å²) in [5.74, 6) is 1.42. The van der Waals surface area contributed by atoms with Crippen LogP contribution in [0.5, 0.6) is 0 Å². The molecular formula is C21H25N5O. The van der Waals surface area contributed by atoms with Crippen molar-refractivity contribution < 1.29 is 0 Å². The van der Waals surface area contributed by atoms with E-state index in [4.69, 9.17) is 0 Å². The van der Waals surface area contributed by atoms with E-state index in [0.29, 0.717) is 5.82 Å². The van der Waals surface area contributed by atoms with Crippen LogP contribution in [0.15, 0.2) is 53.5 Å². The molecule has 1 aromatic carbocycles. The molecule has 0 saturated heterocycles. The van der Waals surface area contributed by atoms with Crippen molar-refractivity contribution in [3.8, 4) is 11.4 Å². The van der Waals surface area contributed by atoms with Crippen LogP contribution in [0.1, 0.15) is 18.2 Å². The van der Waals surface area contributed by atoms with Gasteiger partial charge in [0.15, 0.2) is 0 Å². The van der Waals surface area contributed by atoms with Crippen molar-refractivity contribution in [2.75, 3.05) is 30.9 Å². The largest absolute Gasteiger partial charge is 0.378 e. The molecule has 0 aliphatic carbocycles. The summed E-state index contributed by atoms with van der Waals surface area (Å²) in [5.41, 5.74) is 3.83. The van der Waals surface area contributed by atoms with E-state index >= 15 is 0 Å². The second kappa shape index (κ2) is 8.03. The van der Waals surface area contributed by atoms with E-state index in [-0.39, 0.29) is 5.56 Å². The average molecular weight is 363 g/mol. The second-order valence-corrected chi connectivity index (χ2v) is 6.76. The van der Waals surface area contributed by atoms with Crippen LogP contribution in [0.25, 0.3) is 11.4 Å². The summed E-state index contributed by atoms with van der Waals surface area (Å²) in [6.07, 6.45) is 2.47. The molecule has 0 fully saturated rings. The molecule has 3 rings (SSSR count). The average Bonchev–Trinajstić information content (AvgIpc) is 2.67. The van der Waals surface area contributed by atoms with Gasteiger partial charge in [0.1, 0.15) is 11.6 Å². The minimum Gasteiger partial charge on any atom is -0.378 e. The third-order valence-corrected chi connectivity index (χ3v) is 4.42. The maximum atomic E-state index is 11.8. The molecule has 140 valence electrons. The van der Waals surface area contributed by atoms with Gasteiger partial charge in [0.25, 0.3) is 5.56 Å². The highest BCUT2D eigenvalue weighted by atomic mass is 16.1. The Morgan fingerprint density at radius 1 is 1.07 bits per heavy atom. The number of aromatic amines is 1. The topological polar surface area (TPSA) is 65.1 Å². The Hall–Kier alpha value is -3.15. The molecule has 0 radical (unpaired) electrons. The molecule has 0 saturated carbocycles. The fourth-order valence-corrected chi connectivity index (χ4v) is 2.87.